The molecule has 48 heavy (non-hydrogen) atoms. The second-order valence-electron chi connectivity index (χ2n) is 12.1. The summed E-state index contributed by atoms with van der Waals surface area (Å²) >= 11 is 0. The van der Waals surface area contributed by atoms with Crippen molar-refractivity contribution in [1.29, 1.82) is 0 Å². The summed E-state index contributed by atoms with van der Waals surface area (Å²) in [5.41, 5.74) is 2.05. The molecule has 0 saturated carbocycles. The summed E-state index contributed by atoms with van der Waals surface area (Å²) in [5, 5.41) is 12.6. The number of aromatic amines is 2. The van der Waals surface area contributed by atoms with Crippen molar-refractivity contribution >= 4 is 34.1 Å². The van der Waals surface area contributed by atoms with E-state index in [4.69, 9.17) is 4.74 Å². The highest BCUT2D eigenvalue weighted by Crippen LogP contribution is 2.38. The molecule has 3 heterocycles. The van der Waals surface area contributed by atoms with Crippen molar-refractivity contribution in [1.82, 2.24) is 19.4 Å². The van der Waals surface area contributed by atoms with Crippen molar-refractivity contribution in [2.45, 2.75) is 59.4 Å². The first-order valence-corrected chi connectivity index (χ1v) is 16.4. The largest absolute Gasteiger partial charge is 0.492 e. The smallest absolute Gasteiger partial charge is 0.341 e. The van der Waals surface area contributed by atoms with Gasteiger partial charge in [-0.25, -0.2) is 14.0 Å². The lowest BCUT2D eigenvalue weighted by molar-refractivity contribution is 0.0694. The normalized spacial score (nSPS) is 13.6. The van der Waals surface area contributed by atoms with Crippen LogP contribution in [-0.4, -0.2) is 70.3 Å². The van der Waals surface area contributed by atoms with Crippen LogP contribution >= 0.6 is 0 Å². The maximum absolute atomic E-state index is 15.5. The summed E-state index contributed by atoms with van der Waals surface area (Å²) in [6.07, 6.45) is 3.55. The number of carbonyl (C=O) groups is 1. The van der Waals surface area contributed by atoms with Gasteiger partial charge in [-0.05, 0) is 68.5 Å². The maximum atomic E-state index is 15.5. The van der Waals surface area contributed by atoms with Gasteiger partial charge in [-0.15, -0.1) is 0 Å². The Kier molecular flexibility index (Phi) is 10.7. The number of piperazine rings is 1. The number of carboxylic acid groups (broad SMARTS) is 1. The highest BCUT2D eigenvalue weighted by Gasteiger charge is 2.27. The molecule has 4 N–H and O–H groups in total. The van der Waals surface area contributed by atoms with E-state index < -0.39 is 22.9 Å². The number of aryl methyl sites for hydroxylation is 3. The molecule has 0 amide bonds. The molecule has 1 aliphatic rings. The Balaban J connectivity index is 1.15. The Bertz CT molecular complexity index is 1960. The third-order valence-electron chi connectivity index (χ3n) is 9.10. The molecule has 1 aliphatic heterocycles. The van der Waals surface area contributed by atoms with Crippen molar-refractivity contribution in [2.75, 3.05) is 50.1 Å². The zero-order chi connectivity index (χ0) is 34.5. The number of benzene rings is 2. The number of unbranched alkanes of at least 4 members (excludes halogenated alkanes) is 2. The molecular weight excluding hydrogens is 619 g/mol. The van der Waals surface area contributed by atoms with E-state index in [2.05, 4.69) is 34.0 Å². The lowest BCUT2D eigenvalue weighted by Crippen LogP contribution is -2.47. The van der Waals surface area contributed by atoms with E-state index in [1.807, 2.05) is 23.1 Å². The van der Waals surface area contributed by atoms with Crippen LogP contribution in [0.3, 0.4) is 0 Å². The van der Waals surface area contributed by atoms with Crippen LogP contribution in [0.15, 0.2) is 44.7 Å². The fourth-order valence-corrected chi connectivity index (χ4v) is 6.45. The first-order chi connectivity index (χ1) is 23.1. The average Bonchev–Trinajstić information content (AvgIpc) is 3.06. The van der Waals surface area contributed by atoms with Gasteiger partial charge in [-0.2, -0.15) is 0 Å². The minimum absolute atomic E-state index is 0.0639. The summed E-state index contributed by atoms with van der Waals surface area (Å²) in [6, 6.07) is 8.45. The Hall–Kier alpha value is -4.91. The maximum Gasteiger partial charge on any atom is 0.341 e. The molecule has 12 nitrogen and oxygen atoms in total. The number of nitrogens with zero attached hydrogens (tertiary/aromatic N) is 3. The molecule has 1 saturated heterocycles. The van der Waals surface area contributed by atoms with Crippen molar-refractivity contribution in [3.63, 3.8) is 0 Å². The Morgan fingerprint density at radius 3 is 2.35 bits per heavy atom. The first kappa shape index (κ1) is 34.4. The molecule has 0 aliphatic carbocycles. The summed E-state index contributed by atoms with van der Waals surface area (Å²) < 4.78 is 22.3. The third-order valence-corrected chi connectivity index (χ3v) is 9.10. The van der Waals surface area contributed by atoms with Crippen LogP contribution in [0, 0.1) is 12.7 Å². The molecule has 0 bridgehead atoms. The number of pyridine rings is 1. The van der Waals surface area contributed by atoms with Gasteiger partial charge in [0.2, 0.25) is 5.43 Å². The van der Waals surface area contributed by atoms with Gasteiger partial charge in [0.25, 0.3) is 5.56 Å². The number of halogens is 1. The molecule has 0 spiro atoms. The molecule has 4 aromatic rings. The number of nitrogens with one attached hydrogen (secondary N) is 3. The van der Waals surface area contributed by atoms with Crippen LogP contribution in [0.5, 0.6) is 5.75 Å². The van der Waals surface area contributed by atoms with Crippen LogP contribution in [0.2, 0.25) is 0 Å². The fraction of sp³-hybridized carbons (Fsp3) is 0.429. The number of methoxy groups -OCH3 is 1. The average molecular weight is 663 g/mol. The number of carboxylic acids is 1. The minimum Gasteiger partial charge on any atom is -0.492 e. The van der Waals surface area contributed by atoms with Crippen molar-refractivity contribution in [2.24, 2.45) is 0 Å². The van der Waals surface area contributed by atoms with E-state index in [1.165, 1.54) is 28.9 Å². The number of H-pyrrole nitrogens is 2. The fourth-order valence-electron chi connectivity index (χ4n) is 6.45. The number of rotatable bonds is 13. The number of hydrogen-bond donors (Lipinski definition) is 4. The highest BCUT2D eigenvalue weighted by atomic mass is 19.1. The number of hydrogen-bond acceptors (Lipinski definition) is 8. The summed E-state index contributed by atoms with van der Waals surface area (Å²) in [6.45, 7) is 9.45. The van der Waals surface area contributed by atoms with Crippen LogP contribution in [0.4, 0.5) is 21.6 Å². The molecule has 1 fully saturated rings. The lowest BCUT2D eigenvalue weighted by atomic mass is 10.0. The Morgan fingerprint density at radius 1 is 0.979 bits per heavy atom. The lowest BCUT2D eigenvalue weighted by Gasteiger charge is -2.37. The van der Waals surface area contributed by atoms with Crippen LogP contribution < -0.4 is 31.6 Å². The van der Waals surface area contributed by atoms with Crippen LogP contribution in [0.1, 0.15) is 60.3 Å². The van der Waals surface area contributed by atoms with E-state index >= 15 is 4.39 Å². The quantitative estimate of drug-likeness (QED) is 0.153. The van der Waals surface area contributed by atoms with Gasteiger partial charge in [0, 0.05) is 50.2 Å². The van der Waals surface area contributed by atoms with Crippen molar-refractivity contribution < 1.29 is 19.0 Å². The zero-order valence-corrected chi connectivity index (χ0v) is 27.9. The number of fused-ring (bicyclic) bond motifs is 1. The Labute approximate surface area is 277 Å². The van der Waals surface area contributed by atoms with Gasteiger partial charge < -0.3 is 25.0 Å². The number of anilines is 3. The second kappa shape index (κ2) is 14.9. The zero-order valence-electron chi connectivity index (χ0n) is 27.9. The van der Waals surface area contributed by atoms with E-state index in [1.54, 1.807) is 6.92 Å². The Morgan fingerprint density at radius 2 is 1.71 bits per heavy atom. The summed E-state index contributed by atoms with van der Waals surface area (Å²) in [5.74, 6) is -1.46. The standard InChI is InChI=1S/C35H43FN6O6/c1-5-22-18-23(11-10-21(22)3)37-27-20-28(43)42(35(47)39-27)13-9-7-8-12-40-14-16-41(17-15-40)31-25(36)19-24-30(33(31)48-4)38-26(6-2)29(32(24)44)34(45)46/h10-11,18-20,37H,5-9,12-17H2,1-4H3,(H,38,44)(H,39,47)(H,45,46). The van der Waals surface area contributed by atoms with Gasteiger partial charge in [0.05, 0.1) is 18.0 Å². The molecule has 0 atom stereocenters. The first-order valence-electron chi connectivity index (χ1n) is 16.4. The van der Waals surface area contributed by atoms with E-state index in [0.29, 0.717) is 45.0 Å². The molecule has 0 radical (unpaired) electrons. The second-order valence-corrected chi connectivity index (χ2v) is 12.1. The molecule has 13 heteroatoms. The van der Waals surface area contributed by atoms with Crippen molar-refractivity contribution in [3.05, 3.63) is 89.6 Å². The van der Waals surface area contributed by atoms with Crippen molar-refractivity contribution in [3.8, 4) is 5.75 Å². The molecule has 5 rings (SSSR count). The van der Waals surface area contributed by atoms with Crippen LogP contribution in [0.25, 0.3) is 10.9 Å². The topological polar surface area (TPSA) is 153 Å². The number of ether oxygens (including phenoxy) is 1. The van der Waals surface area contributed by atoms with E-state index in [0.717, 1.165) is 37.6 Å². The van der Waals surface area contributed by atoms with E-state index in [9.17, 15) is 24.3 Å². The molecule has 2 aromatic carbocycles. The molecular formula is C35H43FN6O6. The predicted octanol–water partition coefficient (Wildman–Crippen LogP) is 4.39. The minimum atomic E-state index is -1.36. The van der Waals surface area contributed by atoms with Gasteiger partial charge in [-0.3, -0.25) is 24.0 Å². The monoisotopic (exact) mass is 662 g/mol. The van der Waals surface area contributed by atoms with E-state index in [-0.39, 0.29) is 45.6 Å². The molecule has 256 valence electrons. The molecule has 2 aromatic heterocycles. The SMILES string of the molecule is CCc1cc(Nc2cc(=O)n(CCCCCN3CCN(c4c(F)cc5c(=O)c(C(=O)O)c(CC)[nH]c5c4OC)CC3)c(=O)[nH]2)ccc1C. The number of aromatic carboxylic acids is 1. The highest BCUT2D eigenvalue weighted by molar-refractivity contribution is 5.97. The third kappa shape index (κ3) is 7.15. The molecule has 0 unspecified atom stereocenters. The summed E-state index contributed by atoms with van der Waals surface area (Å²) in [4.78, 5) is 60.1. The van der Waals surface area contributed by atoms with Crippen LogP contribution in [-0.2, 0) is 19.4 Å². The van der Waals surface area contributed by atoms with Gasteiger partial charge in [-0.1, -0.05) is 26.3 Å². The predicted molar refractivity (Wildman–Crippen MR) is 185 cm³/mol. The van der Waals surface area contributed by atoms with Gasteiger partial charge in [0.1, 0.15) is 17.1 Å². The summed E-state index contributed by atoms with van der Waals surface area (Å²) in [7, 11) is 1.41. The van der Waals surface area contributed by atoms with Gasteiger partial charge >= 0.3 is 11.7 Å². The van der Waals surface area contributed by atoms with Gasteiger partial charge in [0.15, 0.2) is 11.6 Å². The number of aromatic nitrogens is 3.